The number of anilines is 1. The van der Waals surface area contributed by atoms with Gasteiger partial charge in [0.1, 0.15) is 0 Å². The molecule has 0 radical (unpaired) electrons. The molecule has 0 fully saturated rings. The van der Waals surface area contributed by atoms with Gasteiger partial charge in [-0.1, -0.05) is 30.3 Å². The van der Waals surface area contributed by atoms with Crippen LogP contribution in [0, 0.1) is 0 Å². The van der Waals surface area contributed by atoms with Gasteiger partial charge in [0.05, 0.1) is 4.90 Å². The Morgan fingerprint density at radius 2 is 1.22 bits per heavy atom. The van der Waals surface area contributed by atoms with Gasteiger partial charge in [0.15, 0.2) is 5.78 Å². The second kappa shape index (κ2) is 7.51. The van der Waals surface area contributed by atoms with E-state index in [0.717, 1.165) is 12.1 Å². The molecule has 0 saturated heterocycles. The topological polar surface area (TPSA) is 80.3 Å². The average molecular weight is 383 g/mol. The highest BCUT2D eigenvalue weighted by Crippen LogP contribution is 2.16. The first-order valence-electron chi connectivity index (χ1n) is 7.90. The van der Waals surface area contributed by atoms with Crippen LogP contribution in [0.15, 0.2) is 83.8 Å². The van der Waals surface area contributed by atoms with E-state index in [1.54, 1.807) is 48.5 Å². The van der Waals surface area contributed by atoms with Crippen LogP contribution in [0.2, 0.25) is 0 Å². The van der Waals surface area contributed by atoms with E-state index in [1.165, 1.54) is 12.1 Å². The Balaban J connectivity index is 1.71. The fourth-order valence-electron chi connectivity index (χ4n) is 2.43. The van der Waals surface area contributed by atoms with Crippen molar-refractivity contribution in [1.82, 2.24) is 0 Å². The lowest BCUT2D eigenvalue weighted by Crippen LogP contribution is -2.12. The average Bonchev–Trinajstić information content (AvgIpc) is 2.68. The van der Waals surface area contributed by atoms with Crippen LogP contribution in [-0.4, -0.2) is 20.1 Å². The summed E-state index contributed by atoms with van der Waals surface area (Å²) in [6.45, 7) is 0. The number of nitrogens with one attached hydrogen (secondary N) is 1. The number of hydrogen-bond donors (Lipinski definition) is 1. The number of hydrogen-bond acceptors (Lipinski definition) is 4. The summed E-state index contributed by atoms with van der Waals surface area (Å²) in [5.41, 5.74) is 1.69. The van der Waals surface area contributed by atoms with E-state index in [2.05, 4.69) is 5.32 Å². The molecule has 1 amide bonds. The normalized spacial score (nSPS) is 11.0. The maximum Gasteiger partial charge on any atom is 0.332 e. The van der Waals surface area contributed by atoms with Crippen LogP contribution >= 0.6 is 0 Å². The van der Waals surface area contributed by atoms with Gasteiger partial charge < -0.3 is 5.32 Å². The molecule has 0 unspecified atom stereocenters. The Morgan fingerprint density at radius 1 is 0.704 bits per heavy atom. The van der Waals surface area contributed by atoms with E-state index in [-0.39, 0.29) is 11.3 Å². The quantitative estimate of drug-likeness (QED) is 0.536. The molecule has 0 aromatic heterocycles. The van der Waals surface area contributed by atoms with Crippen molar-refractivity contribution in [2.24, 2.45) is 0 Å². The lowest BCUT2D eigenvalue weighted by molar-refractivity contribution is 0.102. The van der Waals surface area contributed by atoms with Gasteiger partial charge in [0.2, 0.25) is 0 Å². The maximum atomic E-state index is 12.9. The standard InChI is InChI=1S/C20H14FNO4S/c21-27(25,26)18-12-8-16(9-13-18)20(24)22-17-10-6-15(7-11-17)19(23)14-4-2-1-3-5-14/h1-13H,(H,22,24). The molecule has 0 bridgehead atoms. The maximum absolute atomic E-state index is 12.9. The predicted molar refractivity (Wildman–Crippen MR) is 99.0 cm³/mol. The SMILES string of the molecule is O=C(Nc1ccc(C(=O)c2ccccc2)cc1)c1ccc(S(=O)(=O)F)cc1. The summed E-state index contributed by atoms with van der Waals surface area (Å²) in [6.07, 6.45) is 0. The van der Waals surface area contributed by atoms with Crippen molar-refractivity contribution in [1.29, 1.82) is 0 Å². The highest BCUT2D eigenvalue weighted by molar-refractivity contribution is 7.86. The molecule has 0 aliphatic carbocycles. The molecular formula is C20H14FNO4S. The van der Waals surface area contributed by atoms with Crippen LogP contribution < -0.4 is 5.32 Å². The molecule has 1 N–H and O–H groups in total. The fraction of sp³-hybridized carbons (Fsp3) is 0. The van der Waals surface area contributed by atoms with Crippen molar-refractivity contribution >= 4 is 27.6 Å². The Kier molecular flexibility index (Phi) is 5.14. The van der Waals surface area contributed by atoms with Gasteiger partial charge in [0.25, 0.3) is 5.91 Å². The van der Waals surface area contributed by atoms with E-state index >= 15 is 0 Å². The molecule has 0 saturated carbocycles. The minimum Gasteiger partial charge on any atom is -0.322 e. The minimum absolute atomic E-state index is 0.128. The van der Waals surface area contributed by atoms with Gasteiger partial charge in [-0.05, 0) is 48.5 Å². The van der Waals surface area contributed by atoms with E-state index in [9.17, 15) is 21.9 Å². The zero-order valence-corrected chi connectivity index (χ0v) is 14.7. The highest BCUT2D eigenvalue weighted by atomic mass is 32.3. The summed E-state index contributed by atoms with van der Waals surface area (Å²) in [5, 5.41) is 2.63. The van der Waals surface area contributed by atoms with Crippen molar-refractivity contribution in [3.8, 4) is 0 Å². The van der Waals surface area contributed by atoms with Crippen LogP contribution in [0.5, 0.6) is 0 Å². The Labute approximate surface area is 155 Å². The number of halogens is 1. The van der Waals surface area contributed by atoms with E-state index in [1.807, 2.05) is 6.07 Å². The summed E-state index contributed by atoms with van der Waals surface area (Å²) >= 11 is 0. The van der Waals surface area contributed by atoms with Crippen LogP contribution in [0.4, 0.5) is 9.57 Å². The number of benzene rings is 3. The van der Waals surface area contributed by atoms with Crippen molar-refractivity contribution in [3.05, 3.63) is 95.6 Å². The van der Waals surface area contributed by atoms with Gasteiger partial charge in [-0.15, -0.1) is 3.89 Å². The van der Waals surface area contributed by atoms with Crippen LogP contribution in [0.25, 0.3) is 0 Å². The van der Waals surface area contributed by atoms with Gasteiger partial charge >= 0.3 is 10.2 Å². The third-order valence-corrected chi connectivity index (χ3v) is 4.67. The first-order chi connectivity index (χ1) is 12.8. The summed E-state index contributed by atoms with van der Waals surface area (Å²) in [7, 11) is -4.80. The molecule has 0 atom stereocenters. The third-order valence-electron chi connectivity index (χ3n) is 3.84. The third kappa shape index (κ3) is 4.45. The number of amides is 1. The second-order valence-electron chi connectivity index (χ2n) is 5.69. The van der Waals surface area contributed by atoms with Crippen molar-refractivity contribution in [3.63, 3.8) is 0 Å². The summed E-state index contributed by atoms with van der Waals surface area (Å²) in [5.74, 6) is -0.614. The number of carbonyl (C=O) groups excluding carboxylic acids is 2. The lowest BCUT2D eigenvalue weighted by atomic mass is 10.0. The fourth-order valence-corrected chi connectivity index (χ4v) is 2.89. The number of rotatable bonds is 5. The molecule has 27 heavy (non-hydrogen) atoms. The smallest absolute Gasteiger partial charge is 0.322 e. The molecule has 5 nitrogen and oxygen atoms in total. The summed E-state index contributed by atoms with van der Waals surface area (Å²) in [6, 6.07) is 19.7. The molecule has 0 aliphatic heterocycles. The van der Waals surface area contributed by atoms with Gasteiger partial charge in [-0.25, -0.2) is 0 Å². The van der Waals surface area contributed by atoms with E-state index < -0.39 is 21.0 Å². The zero-order chi connectivity index (χ0) is 19.4. The van der Waals surface area contributed by atoms with E-state index in [0.29, 0.717) is 16.8 Å². The molecule has 136 valence electrons. The predicted octanol–water partition coefficient (Wildman–Crippen LogP) is 3.83. The first-order valence-corrected chi connectivity index (χ1v) is 9.29. The monoisotopic (exact) mass is 383 g/mol. The Bertz CT molecular complexity index is 1080. The highest BCUT2D eigenvalue weighted by Gasteiger charge is 2.13. The van der Waals surface area contributed by atoms with Crippen molar-refractivity contribution in [2.75, 3.05) is 5.32 Å². The molecule has 3 aromatic carbocycles. The van der Waals surface area contributed by atoms with Crippen LogP contribution in [-0.2, 0) is 10.2 Å². The number of ketones is 1. The van der Waals surface area contributed by atoms with Crippen LogP contribution in [0.3, 0.4) is 0 Å². The van der Waals surface area contributed by atoms with Gasteiger partial charge in [-0.3, -0.25) is 9.59 Å². The molecule has 0 spiro atoms. The molecule has 3 rings (SSSR count). The lowest BCUT2D eigenvalue weighted by Gasteiger charge is -2.07. The summed E-state index contributed by atoms with van der Waals surface area (Å²) < 4.78 is 34.5. The van der Waals surface area contributed by atoms with Crippen LogP contribution in [0.1, 0.15) is 26.3 Å². The second-order valence-corrected chi connectivity index (χ2v) is 7.04. The molecule has 7 heteroatoms. The Hall–Kier alpha value is -3.32. The molecule has 0 aliphatic rings. The van der Waals surface area contributed by atoms with Gasteiger partial charge in [0, 0.05) is 22.4 Å². The largest absolute Gasteiger partial charge is 0.332 e. The van der Waals surface area contributed by atoms with Gasteiger partial charge in [-0.2, -0.15) is 8.42 Å². The van der Waals surface area contributed by atoms with E-state index in [4.69, 9.17) is 0 Å². The molecular weight excluding hydrogens is 369 g/mol. The Morgan fingerprint density at radius 3 is 1.78 bits per heavy atom. The molecule has 3 aromatic rings. The first kappa shape index (κ1) is 18.5. The number of carbonyl (C=O) groups is 2. The van der Waals surface area contributed by atoms with Crippen molar-refractivity contribution < 1.29 is 21.9 Å². The zero-order valence-electron chi connectivity index (χ0n) is 13.9. The summed E-state index contributed by atoms with van der Waals surface area (Å²) in [4.78, 5) is 24.0. The van der Waals surface area contributed by atoms with Crippen molar-refractivity contribution in [2.45, 2.75) is 4.90 Å². The minimum atomic E-state index is -4.80. The molecule has 0 heterocycles.